The molecule has 0 saturated heterocycles. The number of phosphoric acid groups is 1. The maximum atomic E-state index is 12.4. The van der Waals surface area contributed by atoms with Gasteiger partial charge in [-0.2, -0.15) is 0 Å². The number of rotatable bonds is 34. The molecule has 0 amide bonds. The van der Waals surface area contributed by atoms with Crippen molar-refractivity contribution in [3.8, 4) is 0 Å². The molecule has 0 saturated carbocycles. The number of esters is 2. The second-order valence-corrected chi connectivity index (χ2v) is 14.0. The van der Waals surface area contributed by atoms with Gasteiger partial charge >= 0.3 is 19.8 Å². The van der Waals surface area contributed by atoms with Crippen molar-refractivity contribution in [3.05, 3.63) is 97.2 Å². The molecule has 0 aliphatic carbocycles. The van der Waals surface area contributed by atoms with E-state index in [0.29, 0.717) is 25.7 Å². The minimum Gasteiger partial charge on any atom is -0.462 e. The lowest BCUT2D eigenvalue weighted by Gasteiger charge is -2.18. The summed E-state index contributed by atoms with van der Waals surface area (Å²) in [6, 6.07) is 0. The highest BCUT2D eigenvalue weighted by atomic mass is 31.2. The molecule has 0 radical (unpaired) electrons. The molecule has 0 bridgehead atoms. The third kappa shape index (κ3) is 40.0. The SMILES string of the molecule is CC/C=C\C/C=C\C/C=C\C/C=C\CCCCCCC(=O)O[C@H](COC(=O)CCC/C=C\C/C=C\C=C\[C@H](O)C/C=C\CCCCC)COP(=O)(O)O. The number of aliphatic hydroxyl groups excluding tert-OH is 1. The Morgan fingerprint density at radius 3 is 1.79 bits per heavy atom. The van der Waals surface area contributed by atoms with Gasteiger partial charge in [-0.15, -0.1) is 0 Å². The summed E-state index contributed by atoms with van der Waals surface area (Å²) < 4.78 is 26.2. The van der Waals surface area contributed by atoms with Crippen molar-refractivity contribution in [1.29, 1.82) is 0 Å². The predicted octanol–water partition coefficient (Wildman–Crippen LogP) is 10.8. The zero-order chi connectivity index (χ0) is 39.1. The Balaban J connectivity index is 4.19. The van der Waals surface area contributed by atoms with Gasteiger partial charge in [0.1, 0.15) is 6.61 Å². The smallest absolute Gasteiger partial charge is 0.462 e. The van der Waals surface area contributed by atoms with Crippen molar-refractivity contribution >= 4 is 19.8 Å². The Hall–Kier alpha value is -3.07. The highest BCUT2D eigenvalue weighted by Gasteiger charge is 2.22. The Bertz CT molecular complexity index is 1190. The van der Waals surface area contributed by atoms with Gasteiger partial charge in [0, 0.05) is 12.8 Å². The first-order chi connectivity index (χ1) is 25.7. The summed E-state index contributed by atoms with van der Waals surface area (Å²) in [7, 11) is -4.79. The maximum Gasteiger partial charge on any atom is 0.469 e. The van der Waals surface area contributed by atoms with Crippen LogP contribution in [0.4, 0.5) is 0 Å². The monoisotopic (exact) mass is 760 g/mol. The van der Waals surface area contributed by atoms with E-state index >= 15 is 0 Å². The summed E-state index contributed by atoms with van der Waals surface area (Å²) in [5.74, 6) is -1.03. The Morgan fingerprint density at radius 2 is 1.15 bits per heavy atom. The quantitative estimate of drug-likeness (QED) is 0.0192. The summed E-state index contributed by atoms with van der Waals surface area (Å²) in [5, 5.41) is 9.99. The molecule has 0 aromatic rings. The molecule has 0 aromatic carbocycles. The molecule has 0 aromatic heterocycles. The van der Waals surface area contributed by atoms with Crippen LogP contribution in [0.3, 0.4) is 0 Å². The van der Waals surface area contributed by atoms with Crippen LogP contribution in [0.15, 0.2) is 97.2 Å². The molecule has 3 N–H and O–H groups in total. The fourth-order valence-corrected chi connectivity index (χ4v) is 5.09. The van der Waals surface area contributed by atoms with E-state index in [0.717, 1.165) is 64.2 Å². The van der Waals surface area contributed by atoms with Crippen molar-refractivity contribution in [2.24, 2.45) is 0 Å². The van der Waals surface area contributed by atoms with Crippen molar-refractivity contribution in [2.45, 2.75) is 148 Å². The summed E-state index contributed by atoms with van der Waals surface area (Å²) in [4.78, 5) is 42.8. The molecule has 300 valence electrons. The lowest BCUT2D eigenvalue weighted by atomic mass is 10.1. The molecule has 0 unspecified atom stereocenters. The lowest BCUT2D eigenvalue weighted by molar-refractivity contribution is -0.161. The van der Waals surface area contributed by atoms with Crippen LogP contribution in [-0.4, -0.2) is 52.3 Å². The number of phosphoric ester groups is 1. The van der Waals surface area contributed by atoms with Gasteiger partial charge in [0.05, 0.1) is 12.7 Å². The molecule has 10 heteroatoms. The number of carbonyl (C=O) groups excluding carboxylic acids is 2. The second kappa shape index (κ2) is 37.3. The van der Waals surface area contributed by atoms with Crippen LogP contribution in [0, 0.1) is 0 Å². The number of ether oxygens (including phenoxy) is 2. The molecule has 0 fully saturated rings. The average molecular weight is 761 g/mol. The van der Waals surface area contributed by atoms with Crippen molar-refractivity contribution in [2.75, 3.05) is 13.2 Å². The van der Waals surface area contributed by atoms with E-state index in [1.165, 1.54) is 19.3 Å². The van der Waals surface area contributed by atoms with Crippen molar-refractivity contribution < 1.29 is 43.0 Å². The summed E-state index contributed by atoms with van der Waals surface area (Å²) in [6.07, 6.45) is 47.3. The van der Waals surface area contributed by atoms with Gasteiger partial charge in [-0.3, -0.25) is 14.1 Å². The van der Waals surface area contributed by atoms with Crippen molar-refractivity contribution in [1.82, 2.24) is 0 Å². The van der Waals surface area contributed by atoms with Crippen molar-refractivity contribution in [3.63, 3.8) is 0 Å². The maximum absolute atomic E-state index is 12.4. The second-order valence-electron chi connectivity index (χ2n) is 12.7. The molecule has 0 aliphatic heterocycles. The van der Waals surface area contributed by atoms with E-state index < -0.39 is 38.6 Å². The number of unbranched alkanes of at least 4 members (excludes halogenated alkanes) is 8. The molecule has 9 nitrogen and oxygen atoms in total. The van der Waals surface area contributed by atoms with E-state index in [1.54, 1.807) is 6.08 Å². The average Bonchev–Trinajstić information content (AvgIpc) is 3.12. The van der Waals surface area contributed by atoms with Crippen LogP contribution in [0.2, 0.25) is 0 Å². The molecule has 2 atom stereocenters. The van der Waals surface area contributed by atoms with Gasteiger partial charge in [0.2, 0.25) is 0 Å². The summed E-state index contributed by atoms with van der Waals surface area (Å²) >= 11 is 0. The minimum atomic E-state index is -4.79. The third-order valence-electron chi connectivity index (χ3n) is 7.67. The normalized spacial score (nSPS) is 14.1. The van der Waals surface area contributed by atoms with E-state index in [-0.39, 0.29) is 19.4 Å². The van der Waals surface area contributed by atoms with Crippen LogP contribution in [-0.2, 0) is 28.2 Å². The van der Waals surface area contributed by atoms with Gasteiger partial charge in [-0.1, -0.05) is 137 Å². The van der Waals surface area contributed by atoms with E-state index in [9.17, 15) is 19.3 Å². The van der Waals surface area contributed by atoms with Crippen LogP contribution in [0.1, 0.15) is 136 Å². The number of allylic oxidation sites excluding steroid dienone is 14. The fourth-order valence-electron chi connectivity index (χ4n) is 4.73. The van der Waals surface area contributed by atoms with Gasteiger partial charge in [-0.05, 0) is 83.5 Å². The number of hydrogen-bond donors (Lipinski definition) is 3. The Morgan fingerprint density at radius 1 is 0.604 bits per heavy atom. The highest BCUT2D eigenvalue weighted by Crippen LogP contribution is 2.36. The van der Waals surface area contributed by atoms with Crippen LogP contribution in [0.5, 0.6) is 0 Å². The van der Waals surface area contributed by atoms with Gasteiger partial charge in [0.25, 0.3) is 0 Å². The number of hydrogen-bond acceptors (Lipinski definition) is 7. The largest absolute Gasteiger partial charge is 0.469 e. The van der Waals surface area contributed by atoms with Gasteiger partial charge in [-0.25, -0.2) is 4.57 Å². The van der Waals surface area contributed by atoms with E-state index in [2.05, 4.69) is 73.1 Å². The van der Waals surface area contributed by atoms with Crippen LogP contribution in [0.25, 0.3) is 0 Å². The topological polar surface area (TPSA) is 140 Å². The van der Waals surface area contributed by atoms with Gasteiger partial charge < -0.3 is 24.4 Å². The standard InChI is InChI=1S/C43H69O9P/c1-3-5-7-9-11-12-13-14-15-16-17-18-19-20-25-29-33-37-43(46)52-41(39-51-53(47,48)49)38-50-42(45)36-32-28-24-22-21-23-27-31-35-40(44)34-30-26-10-8-6-4-2/h5,7,11-12,14-15,17-18,22-24,26-27,30-31,35,40-41,44H,3-4,6,8-10,13,16,19-21,25,28-29,32-34,36-39H2,1-2H3,(H2,47,48,49)/b7-5-,12-11-,15-14-,18-17-,24-22-,27-23-,30-26-,35-31+/t40-,41-/m1/s1. The molecule has 0 heterocycles. The zero-order valence-electron chi connectivity index (χ0n) is 32.5. The van der Waals surface area contributed by atoms with E-state index in [4.69, 9.17) is 19.3 Å². The molecule has 0 aliphatic rings. The molecule has 0 spiro atoms. The number of aliphatic hydroxyl groups is 1. The van der Waals surface area contributed by atoms with Crippen LogP contribution < -0.4 is 0 Å². The first-order valence-electron chi connectivity index (χ1n) is 19.6. The predicted molar refractivity (Wildman–Crippen MR) is 217 cm³/mol. The minimum absolute atomic E-state index is 0.148. The molecular formula is C43H69O9P. The van der Waals surface area contributed by atoms with E-state index in [1.807, 2.05) is 36.5 Å². The molecule has 0 rings (SSSR count). The van der Waals surface area contributed by atoms with Crippen LogP contribution >= 0.6 is 7.82 Å². The Labute approximate surface area is 320 Å². The first-order valence-corrected chi connectivity index (χ1v) is 21.2. The zero-order valence-corrected chi connectivity index (χ0v) is 33.4. The molecule has 53 heavy (non-hydrogen) atoms. The molecular weight excluding hydrogens is 691 g/mol. The number of carbonyl (C=O) groups is 2. The highest BCUT2D eigenvalue weighted by molar-refractivity contribution is 7.46. The Kier molecular flexibility index (Phi) is 35.1. The van der Waals surface area contributed by atoms with Gasteiger partial charge in [0.15, 0.2) is 6.10 Å². The third-order valence-corrected chi connectivity index (χ3v) is 8.15. The fraction of sp³-hybridized carbons (Fsp3) is 0.581. The summed E-state index contributed by atoms with van der Waals surface area (Å²) in [6.45, 7) is 3.38. The summed E-state index contributed by atoms with van der Waals surface area (Å²) in [5.41, 5.74) is 0. The lowest BCUT2D eigenvalue weighted by Crippen LogP contribution is -2.29. The first kappa shape index (κ1) is 49.9.